The van der Waals surface area contributed by atoms with Crippen LogP contribution in [0.2, 0.25) is 0 Å². The summed E-state index contributed by atoms with van der Waals surface area (Å²) >= 11 is 5.42. The van der Waals surface area contributed by atoms with Crippen LogP contribution in [0.15, 0.2) is 0 Å². The summed E-state index contributed by atoms with van der Waals surface area (Å²) in [6.07, 6.45) is -2.60. The van der Waals surface area contributed by atoms with E-state index in [-0.39, 0.29) is 31.4 Å². The van der Waals surface area contributed by atoms with E-state index >= 15 is 0 Å². The number of phosphoric acid groups is 1. The third-order valence-corrected chi connectivity index (χ3v) is 1.83. The molecule has 0 bridgehead atoms. The standard InChI is InChI=1S/C7H18ClN2O4P.2ClH/c8-2-4-10-6-5-9-3-1-7-14-15(11,12)13;;/h9-10H,1-7H2,(H2,11,12,13);2*1H/i1D2,3D2;;. The van der Waals surface area contributed by atoms with Crippen molar-refractivity contribution in [3.05, 3.63) is 0 Å². The Morgan fingerprint density at radius 2 is 1.82 bits per heavy atom. The van der Waals surface area contributed by atoms with E-state index in [0.29, 0.717) is 19.0 Å². The van der Waals surface area contributed by atoms with Crippen LogP contribution < -0.4 is 10.6 Å². The zero-order valence-corrected chi connectivity index (χ0v) is 12.2. The zero-order chi connectivity index (χ0) is 15.2. The first-order chi connectivity index (χ1) is 8.52. The van der Waals surface area contributed by atoms with Gasteiger partial charge in [0.1, 0.15) is 0 Å². The maximum atomic E-state index is 10.5. The van der Waals surface area contributed by atoms with Crippen molar-refractivity contribution in [2.75, 3.05) is 38.6 Å². The fourth-order valence-electron chi connectivity index (χ4n) is 0.620. The second-order valence-corrected chi connectivity index (χ2v) is 4.05. The summed E-state index contributed by atoms with van der Waals surface area (Å²) in [6, 6.07) is 0. The van der Waals surface area contributed by atoms with Gasteiger partial charge >= 0.3 is 7.82 Å². The third-order valence-electron chi connectivity index (χ3n) is 1.18. The minimum atomic E-state index is -4.83. The molecule has 0 saturated carbocycles. The molecule has 0 aromatic heterocycles. The van der Waals surface area contributed by atoms with Crippen molar-refractivity contribution in [1.29, 1.82) is 0 Å². The molecule has 10 heteroatoms. The van der Waals surface area contributed by atoms with Gasteiger partial charge in [0.05, 0.1) is 6.61 Å². The highest BCUT2D eigenvalue weighted by Crippen LogP contribution is 2.35. The zero-order valence-electron chi connectivity index (χ0n) is 12.9. The summed E-state index contributed by atoms with van der Waals surface area (Å²) in [4.78, 5) is 17.0. The molecule has 0 amide bonds. The van der Waals surface area contributed by atoms with E-state index in [1.165, 1.54) is 0 Å². The lowest BCUT2D eigenvalue weighted by Crippen LogP contribution is -2.29. The summed E-state index contributed by atoms with van der Waals surface area (Å²) in [5.74, 6) is 0.407. The van der Waals surface area contributed by atoms with Crippen LogP contribution in [-0.2, 0) is 9.09 Å². The molecule has 0 heterocycles. The molecule has 17 heavy (non-hydrogen) atoms. The molecule has 0 spiro atoms. The average Bonchev–Trinajstić information content (AvgIpc) is 2.25. The average molecular weight is 338 g/mol. The summed E-state index contributed by atoms with van der Waals surface area (Å²) in [6.45, 7) is -2.52. The number of hydrogen-bond donors (Lipinski definition) is 4. The number of rotatable bonds is 10. The van der Waals surface area contributed by atoms with Gasteiger partial charge in [0.15, 0.2) is 0 Å². The Kier molecular flexibility index (Phi) is 12.6. The van der Waals surface area contributed by atoms with Crippen LogP contribution in [0.1, 0.15) is 11.9 Å². The van der Waals surface area contributed by atoms with Gasteiger partial charge in [-0.3, -0.25) is 4.52 Å². The Morgan fingerprint density at radius 1 is 1.24 bits per heavy atom. The SMILES string of the molecule is Cl.Cl.[2H]C([2H])(COP(=O)(O)O)C([2H])([2H])NCCNCCCl. The van der Waals surface area contributed by atoms with Crippen molar-refractivity contribution in [2.45, 2.75) is 6.37 Å². The maximum Gasteiger partial charge on any atom is 0.469 e. The van der Waals surface area contributed by atoms with Crippen molar-refractivity contribution >= 4 is 44.2 Å². The molecule has 6 nitrogen and oxygen atoms in total. The fourth-order valence-corrected chi connectivity index (χ4v) is 0.987. The minimum Gasteiger partial charge on any atom is -0.315 e. The Labute approximate surface area is 125 Å². The molecule has 0 radical (unpaired) electrons. The normalized spacial score (nSPS) is 15.7. The lowest BCUT2D eigenvalue weighted by Gasteiger charge is -2.06. The molecule has 0 aromatic rings. The van der Waals surface area contributed by atoms with Crippen LogP contribution in [0.3, 0.4) is 0 Å². The molecule has 0 atom stereocenters. The molecule has 4 N–H and O–H groups in total. The lowest BCUT2D eigenvalue weighted by molar-refractivity contribution is 0.194. The molecule has 108 valence electrons. The fraction of sp³-hybridized carbons (Fsp3) is 1.00. The van der Waals surface area contributed by atoms with Gasteiger partial charge in [0, 0.05) is 31.0 Å². The Hall–Kier alpha value is 0.900. The second kappa shape index (κ2) is 15.0. The molecular formula is C7H20Cl3N2O4P. The van der Waals surface area contributed by atoms with Gasteiger partial charge in [-0.2, -0.15) is 0 Å². The molecule has 0 aromatic carbocycles. The van der Waals surface area contributed by atoms with Crippen LogP contribution in [0.5, 0.6) is 0 Å². The molecular weight excluding hydrogens is 313 g/mol. The van der Waals surface area contributed by atoms with Crippen LogP contribution in [0.25, 0.3) is 0 Å². The predicted molar refractivity (Wildman–Crippen MR) is 73.6 cm³/mol. The van der Waals surface area contributed by atoms with E-state index in [4.69, 9.17) is 26.9 Å². The number of alkyl halides is 1. The van der Waals surface area contributed by atoms with Crippen molar-refractivity contribution in [2.24, 2.45) is 0 Å². The molecule has 0 aliphatic heterocycles. The van der Waals surface area contributed by atoms with E-state index < -0.39 is 27.3 Å². The smallest absolute Gasteiger partial charge is 0.315 e. The third kappa shape index (κ3) is 22.5. The van der Waals surface area contributed by atoms with Crippen molar-refractivity contribution in [3.8, 4) is 0 Å². The first-order valence-corrected chi connectivity index (χ1v) is 6.30. The predicted octanol–water partition coefficient (Wildman–Crippen LogP) is 0.747. The van der Waals surface area contributed by atoms with Crippen molar-refractivity contribution in [3.63, 3.8) is 0 Å². The number of phosphoric ester groups is 1. The highest BCUT2D eigenvalue weighted by Gasteiger charge is 2.12. The van der Waals surface area contributed by atoms with E-state index in [1.807, 2.05) is 0 Å². The first-order valence-electron chi connectivity index (χ1n) is 6.24. The molecule has 0 unspecified atom stereocenters. The maximum absolute atomic E-state index is 10.5. The van der Waals surface area contributed by atoms with E-state index in [9.17, 15) is 4.57 Å². The number of halogens is 3. The van der Waals surface area contributed by atoms with Gasteiger partial charge < -0.3 is 20.4 Å². The van der Waals surface area contributed by atoms with Gasteiger partial charge in [-0.05, 0) is 12.9 Å². The van der Waals surface area contributed by atoms with Gasteiger partial charge in [-0.1, -0.05) is 0 Å². The highest BCUT2D eigenvalue weighted by molar-refractivity contribution is 7.46. The highest BCUT2D eigenvalue weighted by atomic mass is 35.5. The number of nitrogens with one attached hydrogen (secondary N) is 2. The first kappa shape index (κ1) is 14.3. The summed E-state index contributed by atoms with van der Waals surface area (Å²) < 4.78 is 44.4. The topological polar surface area (TPSA) is 90.8 Å². The van der Waals surface area contributed by atoms with Gasteiger partial charge in [0.2, 0.25) is 0 Å². The largest absolute Gasteiger partial charge is 0.469 e. The lowest BCUT2D eigenvalue weighted by atomic mass is 10.4. The summed E-state index contributed by atoms with van der Waals surface area (Å²) in [5.41, 5.74) is 0. The molecule has 0 aliphatic carbocycles. The van der Waals surface area contributed by atoms with E-state index in [0.717, 1.165) is 0 Å². The Morgan fingerprint density at radius 3 is 2.35 bits per heavy atom. The van der Waals surface area contributed by atoms with Gasteiger partial charge in [-0.25, -0.2) is 4.57 Å². The number of hydrogen-bond acceptors (Lipinski definition) is 4. The summed E-state index contributed by atoms with van der Waals surface area (Å²) in [7, 11) is -4.83. The molecule has 0 fully saturated rings. The Bertz CT molecular complexity index is 324. The molecule has 0 saturated heterocycles. The van der Waals surface area contributed by atoms with E-state index in [1.54, 1.807) is 0 Å². The van der Waals surface area contributed by atoms with Crippen LogP contribution in [-0.4, -0.2) is 48.4 Å². The van der Waals surface area contributed by atoms with Crippen LogP contribution in [0.4, 0.5) is 0 Å². The Balaban J connectivity index is -0.00000162. The summed E-state index contributed by atoms with van der Waals surface area (Å²) in [5, 5.41) is 5.19. The van der Waals surface area contributed by atoms with Gasteiger partial charge in [0.25, 0.3) is 0 Å². The monoisotopic (exact) mass is 336 g/mol. The minimum absolute atomic E-state index is 0. The van der Waals surface area contributed by atoms with Crippen LogP contribution >= 0.6 is 44.2 Å². The van der Waals surface area contributed by atoms with Crippen LogP contribution in [0, 0.1) is 0 Å². The van der Waals surface area contributed by atoms with Crippen molar-refractivity contribution in [1.82, 2.24) is 10.6 Å². The second-order valence-electron chi connectivity index (χ2n) is 2.43. The quantitative estimate of drug-likeness (QED) is 0.267. The molecule has 0 aliphatic rings. The molecule has 0 rings (SSSR count). The van der Waals surface area contributed by atoms with Gasteiger partial charge in [-0.15, -0.1) is 36.4 Å². The van der Waals surface area contributed by atoms with E-state index in [2.05, 4.69) is 15.2 Å². The van der Waals surface area contributed by atoms with Crippen molar-refractivity contribution < 1.29 is 24.4 Å².